The molecule has 3 fully saturated rings. The first kappa shape index (κ1) is 12.2. The molecular formula is C17H20N2O. The van der Waals surface area contributed by atoms with E-state index in [9.17, 15) is 0 Å². The fraction of sp³-hybridized carbons (Fsp3) is 0.588. The van der Waals surface area contributed by atoms with E-state index >= 15 is 0 Å². The number of methoxy groups -OCH3 is 1. The number of benzene rings is 1. The summed E-state index contributed by atoms with van der Waals surface area (Å²) in [4.78, 5) is 0. The minimum absolute atomic E-state index is 0.609. The van der Waals surface area contributed by atoms with Gasteiger partial charge in [0.25, 0.3) is 0 Å². The molecule has 0 radical (unpaired) electrons. The van der Waals surface area contributed by atoms with Crippen LogP contribution in [-0.4, -0.2) is 13.2 Å². The largest absolute Gasteiger partial charge is 0.495 e. The highest BCUT2D eigenvalue weighted by molar-refractivity contribution is 5.45. The summed E-state index contributed by atoms with van der Waals surface area (Å²) in [5, 5.41) is 12.7. The minimum Gasteiger partial charge on any atom is -0.495 e. The van der Waals surface area contributed by atoms with Crippen molar-refractivity contribution in [3.63, 3.8) is 0 Å². The number of nitriles is 1. The first-order valence-electron chi connectivity index (χ1n) is 7.62. The molecule has 0 heterocycles. The SMILES string of the molecule is COc1cc(CNC2C3C4CCC(C4)C23)ccc1C#N. The van der Waals surface area contributed by atoms with E-state index in [-0.39, 0.29) is 0 Å². The lowest BCUT2D eigenvalue weighted by molar-refractivity contribution is 0.412. The van der Waals surface area contributed by atoms with E-state index in [1.807, 2.05) is 18.2 Å². The van der Waals surface area contributed by atoms with Crippen molar-refractivity contribution in [1.82, 2.24) is 5.32 Å². The molecule has 3 nitrogen and oxygen atoms in total. The van der Waals surface area contributed by atoms with Gasteiger partial charge in [-0.15, -0.1) is 0 Å². The van der Waals surface area contributed by atoms with Crippen molar-refractivity contribution in [2.45, 2.75) is 31.8 Å². The fourth-order valence-corrected chi connectivity index (χ4v) is 4.77. The van der Waals surface area contributed by atoms with Crippen LogP contribution < -0.4 is 10.1 Å². The zero-order valence-corrected chi connectivity index (χ0v) is 11.8. The van der Waals surface area contributed by atoms with Gasteiger partial charge in [-0.05, 0) is 60.6 Å². The summed E-state index contributed by atoms with van der Waals surface area (Å²) < 4.78 is 5.27. The Labute approximate surface area is 119 Å². The van der Waals surface area contributed by atoms with Crippen LogP contribution in [0.3, 0.4) is 0 Å². The average molecular weight is 268 g/mol. The van der Waals surface area contributed by atoms with E-state index in [1.165, 1.54) is 24.8 Å². The van der Waals surface area contributed by atoms with Crippen LogP contribution in [0.2, 0.25) is 0 Å². The summed E-state index contributed by atoms with van der Waals surface area (Å²) in [6.45, 7) is 0.888. The zero-order valence-electron chi connectivity index (χ0n) is 11.8. The van der Waals surface area contributed by atoms with Gasteiger partial charge < -0.3 is 10.1 Å². The van der Waals surface area contributed by atoms with E-state index in [4.69, 9.17) is 10.00 Å². The number of nitrogens with zero attached hydrogens (tertiary/aromatic N) is 1. The van der Waals surface area contributed by atoms with E-state index in [0.29, 0.717) is 11.3 Å². The number of rotatable bonds is 4. The predicted molar refractivity (Wildman–Crippen MR) is 76.1 cm³/mol. The van der Waals surface area contributed by atoms with Gasteiger partial charge in [0.05, 0.1) is 12.7 Å². The second-order valence-corrected chi connectivity index (χ2v) is 6.54. The van der Waals surface area contributed by atoms with Gasteiger partial charge in [0.2, 0.25) is 0 Å². The second-order valence-electron chi connectivity index (χ2n) is 6.54. The molecular weight excluding hydrogens is 248 g/mol. The molecule has 3 aliphatic rings. The molecule has 0 spiro atoms. The summed E-state index contributed by atoms with van der Waals surface area (Å²) in [5.41, 5.74) is 1.82. The van der Waals surface area contributed by atoms with Crippen molar-refractivity contribution in [2.75, 3.05) is 7.11 Å². The molecule has 0 aliphatic heterocycles. The van der Waals surface area contributed by atoms with E-state index in [1.54, 1.807) is 7.11 Å². The quantitative estimate of drug-likeness (QED) is 0.913. The molecule has 0 amide bonds. The Kier molecular flexibility index (Phi) is 2.75. The number of nitrogens with one attached hydrogen (secondary N) is 1. The van der Waals surface area contributed by atoms with Crippen LogP contribution in [0.4, 0.5) is 0 Å². The molecule has 3 heteroatoms. The Morgan fingerprint density at radius 3 is 2.70 bits per heavy atom. The van der Waals surface area contributed by atoms with Crippen molar-refractivity contribution < 1.29 is 4.74 Å². The van der Waals surface area contributed by atoms with Crippen LogP contribution in [0.25, 0.3) is 0 Å². The maximum absolute atomic E-state index is 9.00. The Morgan fingerprint density at radius 2 is 2.05 bits per heavy atom. The molecule has 4 atom stereocenters. The third-order valence-electron chi connectivity index (χ3n) is 5.66. The molecule has 2 bridgehead atoms. The molecule has 104 valence electrons. The molecule has 1 aromatic rings. The third kappa shape index (κ3) is 1.75. The fourth-order valence-electron chi connectivity index (χ4n) is 4.77. The minimum atomic E-state index is 0.609. The third-order valence-corrected chi connectivity index (χ3v) is 5.66. The van der Waals surface area contributed by atoms with Crippen molar-refractivity contribution >= 4 is 0 Å². The first-order chi connectivity index (χ1) is 9.81. The molecule has 3 saturated carbocycles. The lowest BCUT2D eigenvalue weighted by Crippen LogP contribution is -2.22. The van der Waals surface area contributed by atoms with Gasteiger partial charge in [0, 0.05) is 12.6 Å². The van der Waals surface area contributed by atoms with Crippen LogP contribution in [0.1, 0.15) is 30.4 Å². The lowest BCUT2D eigenvalue weighted by Gasteiger charge is -2.11. The van der Waals surface area contributed by atoms with Gasteiger partial charge >= 0.3 is 0 Å². The normalized spacial score (nSPS) is 36.5. The Morgan fingerprint density at radius 1 is 1.30 bits per heavy atom. The van der Waals surface area contributed by atoms with E-state index in [0.717, 1.165) is 36.3 Å². The highest BCUT2D eigenvalue weighted by Crippen LogP contribution is 2.65. The highest BCUT2D eigenvalue weighted by Gasteiger charge is 2.64. The summed E-state index contributed by atoms with van der Waals surface area (Å²) in [6.07, 6.45) is 4.43. The topological polar surface area (TPSA) is 45.0 Å². The van der Waals surface area contributed by atoms with Gasteiger partial charge in [-0.2, -0.15) is 5.26 Å². The standard InChI is InChI=1S/C17H20N2O/c1-20-14-6-10(2-3-13(14)8-18)9-19-17-15-11-4-5-12(7-11)16(15)17/h2-3,6,11-12,15-17,19H,4-5,7,9H2,1H3. The first-order valence-corrected chi connectivity index (χ1v) is 7.62. The number of hydrogen-bond acceptors (Lipinski definition) is 3. The average Bonchev–Trinajstić information content (AvgIpc) is 2.87. The van der Waals surface area contributed by atoms with E-state index < -0.39 is 0 Å². The van der Waals surface area contributed by atoms with Gasteiger partial charge in [0.15, 0.2) is 0 Å². The summed E-state index contributed by atoms with van der Waals surface area (Å²) in [5.74, 6) is 4.64. The van der Waals surface area contributed by atoms with Gasteiger partial charge in [-0.1, -0.05) is 6.07 Å². The van der Waals surface area contributed by atoms with Gasteiger partial charge in [0.1, 0.15) is 11.8 Å². The Balaban J connectivity index is 1.40. The molecule has 3 aliphatic carbocycles. The van der Waals surface area contributed by atoms with Crippen LogP contribution >= 0.6 is 0 Å². The van der Waals surface area contributed by atoms with Crippen LogP contribution in [0.5, 0.6) is 5.75 Å². The highest BCUT2D eigenvalue weighted by atomic mass is 16.5. The van der Waals surface area contributed by atoms with Gasteiger partial charge in [-0.3, -0.25) is 0 Å². The number of hydrogen-bond donors (Lipinski definition) is 1. The molecule has 0 saturated heterocycles. The Hall–Kier alpha value is -1.53. The molecule has 1 aromatic carbocycles. The van der Waals surface area contributed by atoms with Crippen molar-refractivity contribution in [3.8, 4) is 11.8 Å². The van der Waals surface area contributed by atoms with Crippen LogP contribution in [0.15, 0.2) is 18.2 Å². The molecule has 20 heavy (non-hydrogen) atoms. The second kappa shape index (κ2) is 4.49. The molecule has 1 N–H and O–H groups in total. The predicted octanol–water partition coefficient (Wildman–Crippen LogP) is 2.70. The number of fused-ring (bicyclic) bond motifs is 5. The smallest absolute Gasteiger partial charge is 0.136 e. The Bertz CT molecular complexity index is 561. The van der Waals surface area contributed by atoms with E-state index in [2.05, 4.69) is 11.4 Å². The lowest BCUT2D eigenvalue weighted by atomic mass is 10.0. The van der Waals surface area contributed by atoms with Crippen molar-refractivity contribution in [1.29, 1.82) is 5.26 Å². The summed E-state index contributed by atoms with van der Waals surface area (Å²) in [7, 11) is 1.62. The maximum Gasteiger partial charge on any atom is 0.136 e. The molecule has 4 unspecified atom stereocenters. The van der Waals surface area contributed by atoms with Crippen molar-refractivity contribution in [2.24, 2.45) is 23.7 Å². The maximum atomic E-state index is 9.00. The monoisotopic (exact) mass is 268 g/mol. The van der Waals surface area contributed by atoms with Gasteiger partial charge in [-0.25, -0.2) is 0 Å². The zero-order chi connectivity index (χ0) is 13.7. The molecule has 0 aromatic heterocycles. The van der Waals surface area contributed by atoms with Crippen molar-refractivity contribution in [3.05, 3.63) is 29.3 Å². The van der Waals surface area contributed by atoms with Crippen LogP contribution in [0, 0.1) is 35.0 Å². The summed E-state index contributed by atoms with van der Waals surface area (Å²) >= 11 is 0. The number of ether oxygens (including phenoxy) is 1. The summed E-state index contributed by atoms with van der Waals surface area (Å²) in [6, 6.07) is 8.78. The van der Waals surface area contributed by atoms with Crippen LogP contribution in [-0.2, 0) is 6.54 Å². The molecule has 4 rings (SSSR count).